The standard InChI is InChI=1S/C9H13N3O.ClH/c1-7-2-4-8(5-3-7)6-11-9(13)12-10;/h2-5H,6,10H2,1H3,(H2,11,12,13);1H. The number of benzene rings is 1. The molecule has 0 aromatic heterocycles. The first kappa shape index (κ1) is 12.7. The number of nitrogens with one attached hydrogen (secondary N) is 2. The number of hydrogen-bond donors (Lipinski definition) is 3. The van der Waals surface area contributed by atoms with Crippen LogP contribution in [0.1, 0.15) is 11.1 Å². The van der Waals surface area contributed by atoms with E-state index < -0.39 is 0 Å². The van der Waals surface area contributed by atoms with Gasteiger partial charge in [0.1, 0.15) is 0 Å². The Morgan fingerprint density at radius 3 is 2.43 bits per heavy atom. The lowest BCUT2D eigenvalue weighted by atomic mass is 10.1. The Kier molecular flexibility index (Phi) is 5.67. The number of carbonyl (C=O) groups excluding carboxylic acids is 1. The summed E-state index contributed by atoms with van der Waals surface area (Å²) in [6.45, 7) is 2.51. The number of urea groups is 1. The average molecular weight is 216 g/mol. The third-order valence-corrected chi connectivity index (χ3v) is 1.70. The number of halogens is 1. The second kappa shape index (κ2) is 6.23. The number of carbonyl (C=O) groups is 1. The maximum atomic E-state index is 10.7. The quantitative estimate of drug-likeness (QED) is 0.393. The van der Waals surface area contributed by atoms with Crippen LogP contribution in [-0.4, -0.2) is 6.03 Å². The van der Waals surface area contributed by atoms with Crippen molar-refractivity contribution in [2.24, 2.45) is 5.84 Å². The average Bonchev–Trinajstić information content (AvgIpc) is 2.16. The van der Waals surface area contributed by atoms with E-state index in [2.05, 4.69) is 5.32 Å². The Morgan fingerprint density at radius 2 is 1.93 bits per heavy atom. The molecule has 0 saturated heterocycles. The van der Waals surface area contributed by atoms with Crippen LogP contribution in [0.25, 0.3) is 0 Å². The Morgan fingerprint density at radius 1 is 1.36 bits per heavy atom. The van der Waals surface area contributed by atoms with E-state index in [1.54, 1.807) is 0 Å². The van der Waals surface area contributed by atoms with E-state index in [0.717, 1.165) is 5.56 Å². The molecule has 4 nitrogen and oxygen atoms in total. The first-order valence-electron chi connectivity index (χ1n) is 4.02. The highest BCUT2D eigenvalue weighted by Crippen LogP contribution is 2.01. The van der Waals surface area contributed by atoms with Crippen LogP contribution in [0.2, 0.25) is 0 Å². The molecule has 0 aliphatic rings. The Bertz CT molecular complexity index is 287. The van der Waals surface area contributed by atoms with Crippen molar-refractivity contribution in [2.45, 2.75) is 13.5 Å². The summed E-state index contributed by atoms with van der Waals surface area (Å²) in [5.41, 5.74) is 4.25. The Balaban J connectivity index is 0.00000169. The third kappa shape index (κ3) is 4.11. The maximum Gasteiger partial charge on any atom is 0.329 e. The van der Waals surface area contributed by atoms with Crippen molar-refractivity contribution in [3.05, 3.63) is 35.4 Å². The highest BCUT2D eigenvalue weighted by Gasteiger charge is 1.96. The van der Waals surface area contributed by atoms with Crippen LogP contribution in [-0.2, 0) is 6.54 Å². The van der Waals surface area contributed by atoms with Crippen LogP contribution in [0.5, 0.6) is 0 Å². The Labute approximate surface area is 89.3 Å². The summed E-state index contributed by atoms with van der Waals surface area (Å²) >= 11 is 0. The molecule has 1 aromatic rings. The molecule has 0 atom stereocenters. The van der Waals surface area contributed by atoms with Gasteiger partial charge in [0.05, 0.1) is 0 Å². The summed E-state index contributed by atoms with van der Waals surface area (Å²) in [7, 11) is 0. The molecule has 0 radical (unpaired) electrons. The molecular weight excluding hydrogens is 202 g/mol. The topological polar surface area (TPSA) is 67.2 Å². The predicted molar refractivity (Wildman–Crippen MR) is 58.0 cm³/mol. The number of amides is 2. The van der Waals surface area contributed by atoms with Crippen molar-refractivity contribution < 1.29 is 4.79 Å². The highest BCUT2D eigenvalue weighted by atomic mass is 35.5. The van der Waals surface area contributed by atoms with Crippen LogP contribution in [0.15, 0.2) is 24.3 Å². The lowest BCUT2D eigenvalue weighted by Gasteiger charge is -2.03. The monoisotopic (exact) mass is 215 g/mol. The second-order valence-electron chi connectivity index (χ2n) is 2.81. The van der Waals surface area contributed by atoms with Gasteiger partial charge in [-0.2, -0.15) is 0 Å². The number of rotatable bonds is 2. The van der Waals surface area contributed by atoms with Gasteiger partial charge in [-0.15, -0.1) is 12.4 Å². The van der Waals surface area contributed by atoms with Gasteiger partial charge in [-0.05, 0) is 12.5 Å². The van der Waals surface area contributed by atoms with Gasteiger partial charge in [-0.3, -0.25) is 5.43 Å². The van der Waals surface area contributed by atoms with Crippen molar-refractivity contribution in [1.29, 1.82) is 0 Å². The molecule has 0 fully saturated rings. The van der Waals surface area contributed by atoms with E-state index in [0.29, 0.717) is 6.54 Å². The van der Waals surface area contributed by atoms with E-state index in [4.69, 9.17) is 5.84 Å². The summed E-state index contributed by atoms with van der Waals surface area (Å²) in [5.74, 6) is 4.90. The van der Waals surface area contributed by atoms with E-state index in [1.807, 2.05) is 36.6 Å². The van der Waals surface area contributed by atoms with Gasteiger partial charge in [0.25, 0.3) is 0 Å². The molecular formula is C9H14ClN3O. The van der Waals surface area contributed by atoms with Gasteiger partial charge >= 0.3 is 6.03 Å². The van der Waals surface area contributed by atoms with Gasteiger partial charge in [0.2, 0.25) is 0 Å². The first-order chi connectivity index (χ1) is 6.22. The largest absolute Gasteiger partial charge is 0.333 e. The molecule has 0 saturated carbocycles. The molecule has 0 spiro atoms. The van der Waals surface area contributed by atoms with Gasteiger partial charge < -0.3 is 5.32 Å². The molecule has 2 amide bonds. The first-order valence-corrected chi connectivity index (χ1v) is 4.02. The van der Waals surface area contributed by atoms with Crippen molar-refractivity contribution >= 4 is 18.4 Å². The molecule has 0 aliphatic heterocycles. The van der Waals surface area contributed by atoms with Gasteiger partial charge in [-0.1, -0.05) is 29.8 Å². The van der Waals surface area contributed by atoms with Crippen molar-refractivity contribution in [3.63, 3.8) is 0 Å². The van der Waals surface area contributed by atoms with Crippen LogP contribution in [0, 0.1) is 6.92 Å². The minimum Gasteiger partial charge on any atom is -0.333 e. The van der Waals surface area contributed by atoms with Crippen LogP contribution in [0.4, 0.5) is 4.79 Å². The lowest BCUT2D eigenvalue weighted by molar-refractivity contribution is 0.241. The number of hydrazine groups is 1. The zero-order valence-electron chi connectivity index (χ0n) is 7.91. The van der Waals surface area contributed by atoms with Gasteiger partial charge in [-0.25, -0.2) is 10.6 Å². The maximum absolute atomic E-state index is 10.7. The summed E-state index contributed by atoms with van der Waals surface area (Å²) < 4.78 is 0. The van der Waals surface area contributed by atoms with E-state index in [9.17, 15) is 4.79 Å². The lowest BCUT2D eigenvalue weighted by Crippen LogP contribution is -2.39. The molecule has 4 N–H and O–H groups in total. The van der Waals surface area contributed by atoms with Crippen LogP contribution in [0.3, 0.4) is 0 Å². The third-order valence-electron chi connectivity index (χ3n) is 1.70. The highest BCUT2D eigenvalue weighted by molar-refractivity contribution is 5.85. The van der Waals surface area contributed by atoms with E-state index in [1.165, 1.54) is 5.56 Å². The van der Waals surface area contributed by atoms with Crippen LogP contribution < -0.4 is 16.6 Å². The summed E-state index contributed by atoms with van der Waals surface area (Å²) in [4.78, 5) is 10.7. The normalized spacial score (nSPS) is 8.71. The number of nitrogens with two attached hydrogens (primary N) is 1. The second-order valence-corrected chi connectivity index (χ2v) is 2.81. The van der Waals surface area contributed by atoms with Crippen molar-refractivity contribution in [3.8, 4) is 0 Å². The zero-order chi connectivity index (χ0) is 9.68. The summed E-state index contributed by atoms with van der Waals surface area (Å²) in [6, 6.07) is 7.55. The molecule has 0 aliphatic carbocycles. The Hall–Kier alpha value is -1.26. The zero-order valence-corrected chi connectivity index (χ0v) is 8.73. The van der Waals surface area contributed by atoms with Crippen LogP contribution >= 0.6 is 12.4 Å². The molecule has 78 valence electrons. The summed E-state index contributed by atoms with van der Waals surface area (Å²) in [6.07, 6.45) is 0. The fraction of sp³-hybridized carbons (Fsp3) is 0.222. The SMILES string of the molecule is Cc1ccc(CNC(=O)NN)cc1.Cl. The smallest absolute Gasteiger partial charge is 0.329 e. The molecule has 0 bridgehead atoms. The molecule has 0 unspecified atom stereocenters. The van der Waals surface area contributed by atoms with Gasteiger partial charge in [0, 0.05) is 6.54 Å². The molecule has 14 heavy (non-hydrogen) atoms. The summed E-state index contributed by atoms with van der Waals surface area (Å²) in [5, 5.41) is 2.59. The number of hydrogen-bond acceptors (Lipinski definition) is 2. The minimum absolute atomic E-state index is 0. The van der Waals surface area contributed by atoms with Gasteiger partial charge in [0.15, 0.2) is 0 Å². The van der Waals surface area contributed by atoms with E-state index >= 15 is 0 Å². The molecule has 5 heteroatoms. The van der Waals surface area contributed by atoms with Crippen molar-refractivity contribution in [2.75, 3.05) is 0 Å². The fourth-order valence-corrected chi connectivity index (χ4v) is 0.939. The number of aryl methyl sites for hydroxylation is 1. The predicted octanol–water partition coefficient (Wildman–Crippen LogP) is 1.09. The van der Waals surface area contributed by atoms with Crippen molar-refractivity contribution in [1.82, 2.24) is 10.7 Å². The molecule has 0 heterocycles. The minimum atomic E-state index is -0.374. The molecule has 1 aromatic carbocycles. The molecule has 1 rings (SSSR count). The van der Waals surface area contributed by atoms with E-state index in [-0.39, 0.29) is 18.4 Å². The fourth-order valence-electron chi connectivity index (χ4n) is 0.939.